The summed E-state index contributed by atoms with van der Waals surface area (Å²) >= 11 is 0. The Morgan fingerprint density at radius 1 is 0.216 bits per heavy atom. The summed E-state index contributed by atoms with van der Waals surface area (Å²) in [6, 6.07) is 132. The van der Waals surface area contributed by atoms with Crippen LogP contribution in [0.15, 0.2) is 352 Å². The predicted octanol–water partition coefficient (Wildman–Crippen LogP) is 22.0. The summed E-state index contributed by atoms with van der Waals surface area (Å²) in [5, 5.41) is 0. The van der Waals surface area contributed by atoms with E-state index in [9.17, 15) is 0 Å². The molecule has 88 heavy (non-hydrogen) atoms. The van der Waals surface area contributed by atoms with Crippen molar-refractivity contribution in [2.75, 3.05) is 4.90 Å². The van der Waals surface area contributed by atoms with Gasteiger partial charge in [-0.25, -0.2) is 0 Å². The zero-order valence-electron chi connectivity index (χ0n) is 48.5. The molecule has 0 N–H and O–H groups in total. The van der Waals surface area contributed by atoms with Gasteiger partial charge in [-0.15, -0.1) is 0 Å². The van der Waals surface area contributed by atoms with Crippen molar-refractivity contribution in [2.45, 2.75) is 16.7 Å². The zero-order valence-corrected chi connectivity index (χ0v) is 48.5. The maximum Gasteiger partial charge on any atom is 0.0723 e. The molecule has 0 aliphatic heterocycles. The Bertz CT molecular complexity index is 4700. The molecule has 0 bridgehead atoms. The molecule has 0 saturated heterocycles. The molecule has 14 aromatic rings. The lowest BCUT2D eigenvalue weighted by atomic mass is 9.51. The summed E-state index contributed by atoms with van der Waals surface area (Å²) < 4.78 is 0. The molecule has 0 fully saturated rings. The van der Waals surface area contributed by atoms with Gasteiger partial charge in [-0.05, 0) is 153 Å². The third kappa shape index (κ3) is 7.80. The van der Waals surface area contributed by atoms with Crippen LogP contribution in [-0.4, -0.2) is 0 Å². The molecule has 2 spiro atoms. The maximum atomic E-state index is 2.50. The smallest absolute Gasteiger partial charge is 0.0723 e. The highest BCUT2D eigenvalue weighted by Crippen LogP contribution is 2.69. The second-order valence-electron chi connectivity index (χ2n) is 23.7. The number of fused-ring (bicyclic) bond motifs is 16. The first kappa shape index (κ1) is 51.3. The fourth-order valence-electron chi connectivity index (χ4n) is 15.7. The van der Waals surface area contributed by atoms with Crippen molar-refractivity contribution in [3.05, 3.63) is 413 Å². The largest absolute Gasteiger partial charge is 0.310 e. The molecule has 17 rings (SSSR count). The van der Waals surface area contributed by atoms with Crippen LogP contribution < -0.4 is 4.90 Å². The third-order valence-electron chi connectivity index (χ3n) is 19.3. The van der Waals surface area contributed by atoms with Crippen LogP contribution >= 0.6 is 0 Å². The Labute approximate surface area is 515 Å². The molecule has 14 aromatic carbocycles. The van der Waals surface area contributed by atoms with Crippen LogP contribution in [0.5, 0.6) is 0 Å². The topological polar surface area (TPSA) is 3.24 Å². The molecule has 0 radical (unpaired) electrons. The van der Waals surface area contributed by atoms with E-state index in [4.69, 9.17) is 0 Å². The second-order valence-corrected chi connectivity index (χ2v) is 23.7. The predicted molar refractivity (Wildman–Crippen MR) is 365 cm³/mol. The second kappa shape index (κ2) is 20.8. The van der Waals surface area contributed by atoms with Crippen molar-refractivity contribution in [1.82, 2.24) is 0 Å². The van der Waals surface area contributed by atoms with E-state index in [2.05, 4.69) is 357 Å². The van der Waals surface area contributed by atoms with E-state index >= 15 is 0 Å². The highest BCUT2D eigenvalue weighted by Gasteiger charge is 2.60. The molecule has 3 aliphatic rings. The van der Waals surface area contributed by atoms with Crippen LogP contribution in [0.2, 0.25) is 0 Å². The minimum atomic E-state index is -0.713. The Hall–Kier alpha value is -11.1. The first-order valence-electron chi connectivity index (χ1n) is 30.8. The molecule has 0 amide bonds. The number of hydrogen-bond donors (Lipinski definition) is 0. The molecule has 412 valence electrons. The quantitative estimate of drug-likeness (QED) is 0.123. The molecular weight excluding hydrogens is 1060 g/mol. The summed E-state index contributed by atoms with van der Waals surface area (Å²) in [7, 11) is 0. The average molecular weight is 1120 g/mol. The van der Waals surface area contributed by atoms with Crippen LogP contribution in [0.25, 0.3) is 66.8 Å². The van der Waals surface area contributed by atoms with Crippen molar-refractivity contribution in [1.29, 1.82) is 0 Å². The van der Waals surface area contributed by atoms with E-state index in [0.717, 1.165) is 17.1 Å². The van der Waals surface area contributed by atoms with Gasteiger partial charge in [0.05, 0.1) is 16.5 Å². The lowest BCUT2D eigenvalue weighted by Gasteiger charge is -2.49. The van der Waals surface area contributed by atoms with Gasteiger partial charge in [0.2, 0.25) is 0 Å². The van der Waals surface area contributed by atoms with E-state index in [1.165, 1.54) is 128 Å². The van der Waals surface area contributed by atoms with Gasteiger partial charge in [-0.2, -0.15) is 0 Å². The Morgan fingerprint density at radius 3 is 0.977 bits per heavy atom. The van der Waals surface area contributed by atoms with Crippen molar-refractivity contribution in [2.24, 2.45) is 0 Å². The van der Waals surface area contributed by atoms with E-state index < -0.39 is 10.8 Å². The van der Waals surface area contributed by atoms with Gasteiger partial charge in [-0.1, -0.05) is 322 Å². The number of rotatable bonds is 10. The van der Waals surface area contributed by atoms with Gasteiger partial charge < -0.3 is 4.90 Å². The lowest BCUT2D eigenvalue weighted by molar-refractivity contribution is 0.627. The molecule has 1 nitrogen and oxygen atoms in total. The summed E-state index contributed by atoms with van der Waals surface area (Å²) in [6.07, 6.45) is 0. The van der Waals surface area contributed by atoms with Gasteiger partial charge in [0.25, 0.3) is 0 Å². The van der Waals surface area contributed by atoms with Crippen LogP contribution in [-0.2, 0) is 10.8 Å². The molecule has 1 heteroatoms. The Morgan fingerprint density at radius 2 is 0.534 bits per heavy atom. The van der Waals surface area contributed by atoms with Crippen LogP contribution in [0.4, 0.5) is 17.1 Å². The van der Waals surface area contributed by atoms with Gasteiger partial charge >= 0.3 is 0 Å². The summed E-state index contributed by atoms with van der Waals surface area (Å²) in [5.41, 5.74) is 30.8. The number of anilines is 3. The molecule has 0 saturated carbocycles. The minimum Gasteiger partial charge on any atom is -0.310 e. The van der Waals surface area contributed by atoms with E-state index in [1.54, 1.807) is 0 Å². The highest BCUT2D eigenvalue weighted by atomic mass is 15.1. The van der Waals surface area contributed by atoms with Gasteiger partial charge in [0.15, 0.2) is 0 Å². The standard InChI is InChI=1S/C87H59N/c1-5-23-59(24-6-1)63-43-47-67(48-44-63)83(68-49-45-64(46-50-68)60-25-7-2-8-26-60)74-34-21-33-72-71-31-13-15-35-75(71)87(85(72)74)79-39-19-17-37-77(79)86(78-38-18-20-40-80(78)87)76-36-16-14-32-73(76)84-81(86)41-22-42-82(84)88(69-55-51-65(52-56-69)61-27-9-3-10-28-61)70-57-53-66(54-58-70)62-29-11-4-12-30-62/h1-58,83H. The van der Waals surface area contributed by atoms with Crippen molar-refractivity contribution < 1.29 is 0 Å². The van der Waals surface area contributed by atoms with Crippen molar-refractivity contribution in [3.8, 4) is 66.8 Å². The van der Waals surface area contributed by atoms with Gasteiger partial charge in [0, 0.05) is 22.9 Å². The Kier molecular flexibility index (Phi) is 12.2. The number of nitrogens with zero attached hydrogens (tertiary/aromatic N) is 1. The SMILES string of the molecule is c1ccc(-c2ccc(C(c3ccc(-c4ccccc4)cc3)c3cccc4c3C3(c5ccccc5-4)c4ccccc4C4(c5ccccc5-c5c(N(c6ccc(-c7ccccc7)cc6)c6ccc(-c7ccccc7)cc6)cccc54)c4ccccc43)cc2)cc1. The van der Waals surface area contributed by atoms with E-state index in [-0.39, 0.29) is 5.92 Å². The van der Waals surface area contributed by atoms with Crippen molar-refractivity contribution in [3.63, 3.8) is 0 Å². The fraction of sp³-hybridized carbons (Fsp3) is 0.0345. The molecule has 0 unspecified atom stereocenters. The summed E-state index contributed by atoms with van der Waals surface area (Å²) in [6.45, 7) is 0. The fourth-order valence-corrected chi connectivity index (χ4v) is 15.7. The van der Waals surface area contributed by atoms with Gasteiger partial charge in [-0.3, -0.25) is 0 Å². The monoisotopic (exact) mass is 1120 g/mol. The average Bonchev–Trinajstić information content (AvgIpc) is 1.41. The molecule has 0 atom stereocenters. The van der Waals surface area contributed by atoms with Crippen LogP contribution in [0, 0.1) is 0 Å². The molecular formula is C87H59N. The first-order valence-corrected chi connectivity index (χ1v) is 30.8. The summed E-state index contributed by atoms with van der Waals surface area (Å²) in [5.74, 6) is -0.115. The maximum absolute atomic E-state index is 2.50. The van der Waals surface area contributed by atoms with E-state index in [0.29, 0.717) is 0 Å². The normalized spacial score (nSPS) is 15.5. The highest BCUT2D eigenvalue weighted by molar-refractivity contribution is 6.00. The molecule has 0 heterocycles. The third-order valence-corrected chi connectivity index (χ3v) is 19.3. The first-order chi connectivity index (χ1) is 43.7. The zero-order chi connectivity index (χ0) is 58.2. The minimum absolute atomic E-state index is 0.115. The van der Waals surface area contributed by atoms with Crippen LogP contribution in [0.1, 0.15) is 67.1 Å². The Balaban J connectivity index is 0.905. The van der Waals surface area contributed by atoms with E-state index in [1.807, 2.05) is 0 Å². The van der Waals surface area contributed by atoms with Crippen molar-refractivity contribution >= 4 is 17.1 Å². The van der Waals surface area contributed by atoms with Gasteiger partial charge in [0.1, 0.15) is 0 Å². The molecule has 0 aromatic heterocycles. The van der Waals surface area contributed by atoms with Crippen LogP contribution in [0.3, 0.4) is 0 Å². The lowest BCUT2D eigenvalue weighted by Crippen LogP contribution is -2.44. The molecule has 3 aliphatic carbocycles. The summed E-state index contributed by atoms with van der Waals surface area (Å²) in [4.78, 5) is 2.50. The number of benzene rings is 14. The number of hydrogen-bond acceptors (Lipinski definition) is 1.